The van der Waals surface area contributed by atoms with Gasteiger partial charge in [0.05, 0.1) is 22.0 Å². The van der Waals surface area contributed by atoms with Crippen molar-refractivity contribution in [1.29, 1.82) is 0 Å². The molecule has 6 nitrogen and oxygen atoms in total. The van der Waals surface area contributed by atoms with Crippen LogP contribution in [0, 0.1) is 0 Å². The van der Waals surface area contributed by atoms with Gasteiger partial charge in [-0.25, -0.2) is 12.7 Å². The van der Waals surface area contributed by atoms with Gasteiger partial charge in [-0.15, -0.1) is 0 Å². The second-order valence-electron chi connectivity index (χ2n) is 5.00. The molecular weight excluding hydrogens is 328 g/mol. The number of amides is 2. The van der Waals surface area contributed by atoms with Gasteiger partial charge >= 0.3 is 0 Å². The molecule has 0 unspecified atom stereocenters. The van der Waals surface area contributed by atoms with E-state index in [0.29, 0.717) is 6.54 Å². The molecule has 1 saturated heterocycles. The van der Waals surface area contributed by atoms with Crippen molar-refractivity contribution in [3.63, 3.8) is 0 Å². The van der Waals surface area contributed by atoms with E-state index in [-0.39, 0.29) is 34.4 Å². The Kier molecular flexibility index (Phi) is 5.08. The average Bonchev–Trinajstić information content (AvgIpc) is 2.72. The average molecular weight is 345 g/mol. The summed E-state index contributed by atoms with van der Waals surface area (Å²) in [7, 11) is -3.63. The Hall–Kier alpha value is -1.60. The number of hydrogen-bond donors (Lipinski definition) is 1. The van der Waals surface area contributed by atoms with Gasteiger partial charge in [-0.05, 0) is 24.6 Å². The summed E-state index contributed by atoms with van der Waals surface area (Å²) in [6.07, 6.45) is 1.78. The SMILES string of the molecule is CCCCNC(=O)c1ccc(N2C(=O)CCS2(=O)=O)cc1Cl. The number of carbonyl (C=O) groups excluding carboxylic acids is 2. The second kappa shape index (κ2) is 6.66. The Bertz CT molecular complexity index is 703. The zero-order valence-corrected chi connectivity index (χ0v) is 13.7. The summed E-state index contributed by atoms with van der Waals surface area (Å²) in [4.78, 5) is 23.7. The fourth-order valence-electron chi connectivity index (χ4n) is 2.16. The van der Waals surface area contributed by atoms with Crippen molar-refractivity contribution in [2.45, 2.75) is 26.2 Å². The highest BCUT2D eigenvalue weighted by molar-refractivity contribution is 7.94. The van der Waals surface area contributed by atoms with E-state index in [9.17, 15) is 18.0 Å². The van der Waals surface area contributed by atoms with Gasteiger partial charge in [0, 0.05) is 13.0 Å². The lowest BCUT2D eigenvalue weighted by atomic mass is 10.2. The van der Waals surface area contributed by atoms with Crippen LogP contribution in [0.15, 0.2) is 18.2 Å². The molecule has 0 atom stereocenters. The summed E-state index contributed by atoms with van der Waals surface area (Å²) in [5.74, 6) is -1.01. The first kappa shape index (κ1) is 16.8. The molecule has 2 amide bonds. The van der Waals surface area contributed by atoms with E-state index >= 15 is 0 Å². The third kappa shape index (κ3) is 3.41. The normalized spacial score (nSPS) is 16.8. The van der Waals surface area contributed by atoms with Crippen LogP contribution < -0.4 is 9.62 Å². The molecule has 1 fully saturated rings. The maximum atomic E-state index is 12.0. The number of unbranched alkanes of at least 4 members (excludes halogenated alkanes) is 1. The summed E-state index contributed by atoms with van der Waals surface area (Å²) in [5.41, 5.74) is 0.420. The van der Waals surface area contributed by atoms with Crippen LogP contribution >= 0.6 is 11.6 Å². The van der Waals surface area contributed by atoms with E-state index in [0.717, 1.165) is 17.1 Å². The van der Waals surface area contributed by atoms with Crippen LogP contribution in [0.1, 0.15) is 36.5 Å². The third-order valence-electron chi connectivity index (χ3n) is 3.33. The molecule has 22 heavy (non-hydrogen) atoms. The molecule has 1 aromatic rings. The Morgan fingerprint density at radius 3 is 2.68 bits per heavy atom. The zero-order chi connectivity index (χ0) is 16.3. The van der Waals surface area contributed by atoms with Crippen molar-refractivity contribution >= 4 is 39.1 Å². The number of nitrogens with zero attached hydrogens (tertiary/aromatic N) is 1. The summed E-state index contributed by atoms with van der Waals surface area (Å²) >= 11 is 6.06. The molecule has 0 radical (unpaired) electrons. The Morgan fingerprint density at radius 1 is 1.41 bits per heavy atom. The van der Waals surface area contributed by atoms with Gasteiger partial charge in [-0.1, -0.05) is 24.9 Å². The molecule has 8 heteroatoms. The lowest BCUT2D eigenvalue weighted by Crippen LogP contribution is -2.29. The third-order valence-corrected chi connectivity index (χ3v) is 5.33. The van der Waals surface area contributed by atoms with E-state index in [1.54, 1.807) is 0 Å². The smallest absolute Gasteiger partial charge is 0.252 e. The molecule has 0 saturated carbocycles. The van der Waals surface area contributed by atoms with E-state index in [4.69, 9.17) is 11.6 Å². The fourth-order valence-corrected chi connectivity index (χ4v) is 3.87. The van der Waals surface area contributed by atoms with Gasteiger partial charge in [0.25, 0.3) is 5.91 Å². The number of halogens is 1. The minimum Gasteiger partial charge on any atom is -0.352 e. The quantitative estimate of drug-likeness (QED) is 0.827. The first-order chi connectivity index (χ1) is 10.4. The summed E-state index contributed by atoms with van der Waals surface area (Å²) in [6, 6.07) is 4.18. The Balaban J connectivity index is 2.23. The zero-order valence-electron chi connectivity index (χ0n) is 12.1. The van der Waals surface area contributed by atoms with Gasteiger partial charge in [0.2, 0.25) is 15.9 Å². The lowest BCUT2D eigenvalue weighted by Gasteiger charge is -2.16. The number of hydrogen-bond acceptors (Lipinski definition) is 4. The van der Waals surface area contributed by atoms with Crippen molar-refractivity contribution in [3.8, 4) is 0 Å². The first-order valence-electron chi connectivity index (χ1n) is 7.00. The monoisotopic (exact) mass is 344 g/mol. The predicted molar refractivity (Wildman–Crippen MR) is 84.6 cm³/mol. The maximum absolute atomic E-state index is 12.0. The predicted octanol–water partition coefficient (Wildman–Crippen LogP) is 1.94. The van der Waals surface area contributed by atoms with E-state index in [1.165, 1.54) is 18.2 Å². The van der Waals surface area contributed by atoms with Crippen LogP contribution in [-0.2, 0) is 14.8 Å². The van der Waals surface area contributed by atoms with Crippen LogP contribution in [0.5, 0.6) is 0 Å². The molecule has 1 N–H and O–H groups in total. The second-order valence-corrected chi connectivity index (χ2v) is 7.34. The lowest BCUT2D eigenvalue weighted by molar-refractivity contribution is -0.116. The van der Waals surface area contributed by atoms with Crippen molar-refractivity contribution in [2.75, 3.05) is 16.6 Å². The highest BCUT2D eigenvalue weighted by Crippen LogP contribution is 2.29. The number of rotatable bonds is 5. The van der Waals surface area contributed by atoms with Crippen molar-refractivity contribution < 1.29 is 18.0 Å². The summed E-state index contributed by atoms with van der Waals surface area (Å²) in [6.45, 7) is 2.56. The van der Waals surface area contributed by atoms with E-state index in [2.05, 4.69) is 5.32 Å². The number of benzene rings is 1. The highest BCUT2D eigenvalue weighted by atomic mass is 35.5. The largest absolute Gasteiger partial charge is 0.352 e. The molecule has 0 aromatic heterocycles. The molecule has 2 rings (SSSR count). The standard InChI is InChI=1S/C14H17ClN2O4S/c1-2-3-7-16-14(19)11-5-4-10(9-12(11)15)17-13(18)6-8-22(17,20)21/h4-5,9H,2-3,6-8H2,1H3,(H,16,19). The number of nitrogens with one attached hydrogen (secondary N) is 1. The van der Waals surface area contributed by atoms with E-state index < -0.39 is 15.9 Å². The van der Waals surface area contributed by atoms with Gasteiger partial charge < -0.3 is 5.32 Å². The maximum Gasteiger partial charge on any atom is 0.252 e. The van der Waals surface area contributed by atoms with Gasteiger partial charge in [-0.2, -0.15) is 0 Å². The number of anilines is 1. The minimum atomic E-state index is -3.63. The molecule has 120 valence electrons. The van der Waals surface area contributed by atoms with Crippen molar-refractivity contribution in [1.82, 2.24) is 5.32 Å². The first-order valence-corrected chi connectivity index (χ1v) is 8.99. The van der Waals surface area contributed by atoms with Crippen LogP contribution in [0.4, 0.5) is 5.69 Å². The minimum absolute atomic E-state index is 0.0425. The summed E-state index contributed by atoms with van der Waals surface area (Å²) < 4.78 is 24.5. The van der Waals surface area contributed by atoms with E-state index in [1.807, 2.05) is 6.92 Å². The van der Waals surface area contributed by atoms with Crippen molar-refractivity contribution in [3.05, 3.63) is 28.8 Å². The highest BCUT2D eigenvalue weighted by Gasteiger charge is 2.36. The topological polar surface area (TPSA) is 83.6 Å². The number of sulfonamides is 1. The molecule has 1 aliphatic rings. The van der Waals surface area contributed by atoms with Crippen LogP contribution in [0.3, 0.4) is 0 Å². The Labute approximate surface area is 134 Å². The van der Waals surface area contributed by atoms with Crippen LogP contribution in [0.25, 0.3) is 0 Å². The molecule has 1 aromatic carbocycles. The number of carbonyl (C=O) groups is 2. The fraction of sp³-hybridized carbons (Fsp3) is 0.429. The van der Waals surface area contributed by atoms with Gasteiger partial charge in [0.1, 0.15) is 0 Å². The van der Waals surface area contributed by atoms with Crippen molar-refractivity contribution in [2.24, 2.45) is 0 Å². The molecule has 0 bridgehead atoms. The molecule has 1 heterocycles. The molecule has 0 spiro atoms. The van der Waals surface area contributed by atoms with Gasteiger partial charge in [0.15, 0.2) is 0 Å². The van der Waals surface area contributed by atoms with Crippen LogP contribution in [-0.4, -0.2) is 32.5 Å². The molecule has 0 aliphatic carbocycles. The van der Waals surface area contributed by atoms with Gasteiger partial charge in [-0.3, -0.25) is 9.59 Å². The molecular formula is C14H17ClN2O4S. The molecule has 1 aliphatic heterocycles. The Morgan fingerprint density at radius 2 is 2.14 bits per heavy atom. The van der Waals surface area contributed by atoms with Crippen LogP contribution in [0.2, 0.25) is 5.02 Å². The summed E-state index contributed by atoms with van der Waals surface area (Å²) in [5, 5.41) is 2.84.